The van der Waals surface area contributed by atoms with Crippen molar-refractivity contribution in [2.24, 2.45) is 11.8 Å². The third kappa shape index (κ3) is 2.43. The molecule has 0 saturated carbocycles. The van der Waals surface area contributed by atoms with E-state index in [1.165, 1.54) is 0 Å². The van der Waals surface area contributed by atoms with E-state index in [1.807, 2.05) is 77.7 Å². The Bertz CT molecular complexity index is 942. The van der Waals surface area contributed by atoms with Crippen LogP contribution in [0.25, 0.3) is 0 Å². The first-order valence-corrected chi connectivity index (χ1v) is 9.58. The number of benzene rings is 2. The maximum absolute atomic E-state index is 13.4. The molecule has 2 fully saturated rings. The van der Waals surface area contributed by atoms with Gasteiger partial charge < -0.3 is 14.7 Å². The van der Waals surface area contributed by atoms with E-state index >= 15 is 0 Å². The molecule has 1 amide bonds. The lowest BCUT2D eigenvalue weighted by Crippen LogP contribution is -2.46. The fourth-order valence-corrected chi connectivity index (χ4v) is 5.08. The summed E-state index contributed by atoms with van der Waals surface area (Å²) in [4.78, 5) is 27.2. The summed E-state index contributed by atoms with van der Waals surface area (Å²) in [6.45, 7) is 0.448. The second kappa shape index (κ2) is 6.31. The molecular formula is C23H21NO4. The molecule has 0 unspecified atom stereocenters. The quantitative estimate of drug-likeness (QED) is 0.816. The standard InChI is InChI=1S/C23H21NO4/c25-21-20-19(22(26)27)17-11-12-23(20,28-17)18(13-15-7-3-1-4-8-15)24(21)14-16-9-5-2-6-10-16/h1-12,17-20H,13-14H2,(H,26,27)/t17-,18-,19+,20+,23-/m1/s1. The van der Waals surface area contributed by atoms with Gasteiger partial charge in [-0.25, -0.2) is 0 Å². The molecule has 28 heavy (non-hydrogen) atoms. The molecule has 5 heteroatoms. The molecule has 2 aromatic rings. The smallest absolute Gasteiger partial charge is 0.310 e. The summed E-state index contributed by atoms with van der Waals surface area (Å²) in [6.07, 6.45) is 3.87. The number of carbonyl (C=O) groups excluding carboxylic acids is 1. The average Bonchev–Trinajstić information content (AvgIpc) is 3.34. The van der Waals surface area contributed by atoms with Gasteiger partial charge in [0.2, 0.25) is 5.91 Å². The topological polar surface area (TPSA) is 66.8 Å². The Labute approximate surface area is 163 Å². The SMILES string of the molecule is O=C(O)[C@@H]1[C@H]2C(=O)N(Cc3ccccc3)[C@H](Cc3ccccc3)[C@]23C=C[C@H]1O3. The summed E-state index contributed by atoms with van der Waals surface area (Å²) in [5.41, 5.74) is 1.26. The van der Waals surface area contributed by atoms with E-state index in [2.05, 4.69) is 0 Å². The molecule has 142 valence electrons. The Morgan fingerprint density at radius 3 is 2.32 bits per heavy atom. The van der Waals surface area contributed by atoms with Crippen molar-refractivity contribution in [2.75, 3.05) is 0 Å². The molecule has 1 spiro atoms. The van der Waals surface area contributed by atoms with E-state index in [0.717, 1.165) is 11.1 Å². The average molecular weight is 375 g/mol. The molecule has 2 bridgehead atoms. The normalized spacial score (nSPS) is 32.7. The number of carboxylic acids is 1. The van der Waals surface area contributed by atoms with Crippen LogP contribution in [-0.4, -0.2) is 39.6 Å². The molecule has 0 radical (unpaired) electrons. The van der Waals surface area contributed by atoms with Gasteiger partial charge in [0.1, 0.15) is 11.5 Å². The third-order valence-corrected chi connectivity index (χ3v) is 6.28. The summed E-state index contributed by atoms with van der Waals surface area (Å²) < 4.78 is 6.23. The van der Waals surface area contributed by atoms with Gasteiger partial charge in [-0.2, -0.15) is 0 Å². The van der Waals surface area contributed by atoms with Gasteiger partial charge in [-0.15, -0.1) is 0 Å². The molecule has 5 nitrogen and oxygen atoms in total. The fourth-order valence-electron chi connectivity index (χ4n) is 5.08. The van der Waals surface area contributed by atoms with Crippen LogP contribution in [0.2, 0.25) is 0 Å². The molecule has 3 aliphatic rings. The number of ether oxygens (including phenoxy) is 1. The van der Waals surface area contributed by atoms with Gasteiger partial charge in [0.25, 0.3) is 0 Å². The van der Waals surface area contributed by atoms with Gasteiger partial charge in [-0.05, 0) is 17.5 Å². The number of aliphatic carboxylic acids is 1. The van der Waals surface area contributed by atoms with E-state index < -0.39 is 29.5 Å². The van der Waals surface area contributed by atoms with Crippen molar-refractivity contribution < 1.29 is 19.4 Å². The lowest BCUT2D eigenvalue weighted by Gasteiger charge is -2.33. The second-order valence-electron chi connectivity index (χ2n) is 7.79. The number of amides is 1. The van der Waals surface area contributed by atoms with Gasteiger partial charge in [0.05, 0.1) is 18.1 Å². The summed E-state index contributed by atoms with van der Waals surface area (Å²) >= 11 is 0. The highest BCUT2D eigenvalue weighted by molar-refractivity contribution is 5.91. The first-order valence-electron chi connectivity index (χ1n) is 9.58. The Hall–Kier alpha value is -2.92. The van der Waals surface area contributed by atoms with Crippen molar-refractivity contribution >= 4 is 11.9 Å². The van der Waals surface area contributed by atoms with E-state index in [9.17, 15) is 14.7 Å². The van der Waals surface area contributed by atoms with Crippen molar-refractivity contribution in [3.63, 3.8) is 0 Å². The molecule has 3 heterocycles. The Balaban J connectivity index is 1.56. The van der Waals surface area contributed by atoms with Gasteiger partial charge in [0.15, 0.2) is 0 Å². The number of nitrogens with zero attached hydrogens (tertiary/aromatic N) is 1. The van der Waals surface area contributed by atoms with Gasteiger partial charge in [-0.3, -0.25) is 9.59 Å². The van der Waals surface area contributed by atoms with Crippen molar-refractivity contribution in [3.05, 3.63) is 83.9 Å². The molecule has 3 aliphatic heterocycles. The number of rotatable bonds is 5. The molecule has 0 aromatic heterocycles. The summed E-state index contributed by atoms with van der Waals surface area (Å²) in [6, 6.07) is 19.6. The minimum Gasteiger partial charge on any atom is -0.481 e. The minimum absolute atomic E-state index is 0.121. The Morgan fingerprint density at radius 1 is 1.04 bits per heavy atom. The van der Waals surface area contributed by atoms with E-state index in [1.54, 1.807) is 0 Å². The van der Waals surface area contributed by atoms with Gasteiger partial charge >= 0.3 is 5.97 Å². The predicted molar refractivity (Wildman–Crippen MR) is 102 cm³/mol. The van der Waals surface area contributed by atoms with Crippen LogP contribution in [0.5, 0.6) is 0 Å². The largest absolute Gasteiger partial charge is 0.481 e. The van der Waals surface area contributed by atoms with Crippen molar-refractivity contribution in [1.29, 1.82) is 0 Å². The van der Waals surface area contributed by atoms with E-state index in [-0.39, 0.29) is 11.9 Å². The number of hydrogen-bond donors (Lipinski definition) is 1. The molecule has 2 saturated heterocycles. The summed E-state index contributed by atoms with van der Waals surface area (Å²) in [7, 11) is 0. The van der Waals surface area contributed by atoms with Crippen LogP contribution in [-0.2, 0) is 27.3 Å². The molecule has 0 aliphatic carbocycles. The van der Waals surface area contributed by atoms with Gasteiger partial charge in [0, 0.05) is 6.54 Å². The zero-order valence-corrected chi connectivity index (χ0v) is 15.3. The lowest BCUT2D eigenvalue weighted by atomic mass is 9.74. The maximum atomic E-state index is 13.4. The van der Waals surface area contributed by atoms with Crippen molar-refractivity contribution in [3.8, 4) is 0 Å². The van der Waals surface area contributed by atoms with E-state index in [4.69, 9.17) is 4.74 Å². The lowest BCUT2D eigenvalue weighted by molar-refractivity contribution is -0.148. The third-order valence-electron chi connectivity index (χ3n) is 6.28. The molecule has 5 atom stereocenters. The molecule has 2 aromatic carbocycles. The Morgan fingerprint density at radius 2 is 1.68 bits per heavy atom. The van der Waals surface area contributed by atoms with Crippen LogP contribution < -0.4 is 0 Å². The van der Waals surface area contributed by atoms with Crippen LogP contribution in [0.3, 0.4) is 0 Å². The highest BCUT2D eigenvalue weighted by Crippen LogP contribution is 2.55. The number of fused-ring (bicyclic) bond motifs is 1. The first-order chi connectivity index (χ1) is 13.6. The minimum atomic E-state index is -0.963. The summed E-state index contributed by atoms with van der Waals surface area (Å²) in [5.74, 6) is -2.58. The van der Waals surface area contributed by atoms with E-state index in [0.29, 0.717) is 13.0 Å². The fraction of sp³-hybridized carbons (Fsp3) is 0.304. The highest BCUT2D eigenvalue weighted by Gasteiger charge is 2.70. The number of carbonyl (C=O) groups is 2. The molecule has 5 rings (SSSR count). The maximum Gasteiger partial charge on any atom is 0.310 e. The zero-order valence-electron chi connectivity index (χ0n) is 15.3. The molecule has 1 N–H and O–H groups in total. The number of hydrogen-bond acceptors (Lipinski definition) is 3. The van der Waals surface area contributed by atoms with Crippen molar-refractivity contribution in [1.82, 2.24) is 4.90 Å². The van der Waals surface area contributed by atoms with Crippen LogP contribution in [0, 0.1) is 11.8 Å². The number of carboxylic acid groups (broad SMARTS) is 1. The first kappa shape index (κ1) is 17.2. The number of likely N-dealkylation sites (tertiary alicyclic amines) is 1. The predicted octanol–water partition coefficient (Wildman–Crippen LogP) is 2.66. The highest BCUT2D eigenvalue weighted by atomic mass is 16.5. The van der Waals surface area contributed by atoms with Crippen LogP contribution in [0.4, 0.5) is 0 Å². The summed E-state index contributed by atoms with van der Waals surface area (Å²) in [5, 5.41) is 9.76. The van der Waals surface area contributed by atoms with Gasteiger partial charge in [-0.1, -0.05) is 72.8 Å². The second-order valence-corrected chi connectivity index (χ2v) is 7.79. The van der Waals surface area contributed by atoms with Crippen LogP contribution in [0.1, 0.15) is 11.1 Å². The monoisotopic (exact) mass is 375 g/mol. The van der Waals surface area contributed by atoms with Crippen LogP contribution in [0.15, 0.2) is 72.8 Å². The zero-order chi connectivity index (χ0) is 19.3. The Kier molecular flexibility index (Phi) is 3.88. The molecular weight excluding hydrogens is 354 g/mol. The van der Waals surface area contributed by atoms with Crippen molar-refractivity contribution in [2.45, 2.75) is 30.7 Å². The van der Waals surface area contributed by atoms with Crippen LogP contribution >= 0.6 is 0 Å².